The van der Waals surface area contributed by atoms with Crippen molar-refractivity contribution in [1.29, 1.82) is 0 Å². The van der Waals surface area contributed by atoms with Gasteiger partial charge in [0.1, 0.15) is 11.6 Å². The Labute approximate surface area is 135 Å². The second-order valence-electron chi connectivity index (χ2n) is 5.65. The number of aryl methyl sites for hydroxylation is 3. The van der Waals surface area contributed by atoms with Gasteiger partial charge < -0.3 is 15.1 Å². The SMILES string of the molecule is Cc1cc(C)cc(Nc2cc(C)nc(NCc3ccco3)n2)c1. The van der Waals surface area contributed by atoms with Crippen LogP contribution in [0.1, 0.15) is 22.6 Å². The Morgan fingerprint density at radius 1 is 1.00 bits per heavy atom. The molecule has 0 fully saturated rings. The summed E-state index contributed by atoms with van der Waals surface area (Å²) in [7, 11) is 0. The lowest BCUT2D eigenvalue weighted by Gasteiger charge is -2.10. The Morgan fingerprint density at radius 3 is 2.48 bits per heavy atom. The first-order chi connectivity index (χ1) is 11.1. The Morgan fingerprint density at radius 2 is 1.78 bits per heavy atom. The standard InChI is InChI=1S/C18H20N4O/c1-12-7-13(2)9-15(8-12)21-17-10-14(3)20-18(22-17)19-11-16-5-4-6-23-16/h4-10H,11H2,1-3H3,(H2,19,20,21,22). The summed E-state index contributed by atoms with van der Waals surface area (Å²) in [6.45, 7) is 6.67. The minimum Gasteiger partial charge on any atom is -0.467 e. The van der Waals surface area contributed by atoms with Gasteiger partial charge in [-0.05, 0) is 56.2 Å². The molecule has 0 aliphatic rings. The molecule has 2 N–H and O–H groups in total. The van der Waals surface area contributed by atoms with Crippen LogP contribution < -0.4 is 10.6 Å². The van der Waals surface area contributed by atoms with Crippen molar-refractivity contribution >= 4 is 17.5 Å². The smallest absolute Gasteiger partial charge is 0.225 e. The fourth-order valence-corrected chi connectivity index (χ4v) is 2.49. The molecule has 0 aliphatic heterocycles. The molecule has 5 heteroatoms. The average molecular weight is 308 g/mol. The highest BCUT2D eigenvalue weighted by atomic mass is 16.3. The number of nitrogens with one attached hydrogen (secondary N) is 2. The summed E-state index contributed by atoms with van der Waals surface area (Å²) in [5.74, 6) is 2.19. The molecule has 2 heterocycles. The normalized spacial score (nSPS) is 10.6. The van der Waals surface area contributed by atoms with Crippen molar-refractivity contribution in [1.82, 2.24) is 9.97 Å². The van der Waals surface area contributed by atoms with Gasteiger partial charge in [-0.15, -0.1) is 0 Å². The molecule has 0 saturated carbocycles. The van der Waals surface area contributed by atoms with Crippen LogP contribution >= 0.6 is 0 Å². The van der Waals surface area contributed by atoms with E-state index in [0.717, 1.165) is 23.0 Å². The summed E-state index contributed by atoms with van der Waals surface area (Å²) >= 11 is 0. The molecule has 0 atom stereocenters. The van der Waals surface area contributed by atoms with Gasteiger partial charge in [0.25, 0.3) is 0 Å². The average Bonchev–Trinajstić information content (AvgIpc) is 2.96. The van der Waals surface area contributed by atoms with E-state index in [2.05, 4.69) is 52.6 Å². The predicted molar refractivity (Wildman–Crippen MR) is 92.0 cm³/mol. The van der Waals surface area contributed by atoms with Gasteiger partial charge >= 0.3 is 0 Å². The van der Waals surface area contributed by atoms with Crippen LogP contribution in [-0.4, -0.2) is 9.97 Å². The molecule has 0 amide bonds. The lowest BCUT2D eigenvalue weighted by atomic mass is 10.1. The maximum Gasteiger partial charge on any atom is 0.225 e. The quantitative estimate of drug-likeness (QED) is 0.733. The van der Waals surface area contributed by atoms with Crippen molar-refractivity contribution in [3.05, 3.63) is 65.2 Å². The van der Waals surface area contributed by atoms with E-state index in [0.29, 0.717) is 12.5 Å². The number of hydrogen-bond donors (Lipinski definition) is 2. The highest BCUT2D eigenvalue weighted by Gasteiger charge is 2.04. The lowest BCUT2D eigenvalue weighted by Crippen LogP contribution is -2.06. The van der Waals surface area contributed by atoms with Crippen LogP contribution in [0.5, 0.6) is 0 Å². The second kappa shape index (κ2) is 6.52. The first-order valence-corrected chi connectivity index (χ1v) is 7.56. The van der Waals surface area contributed by atoms with Crippen LogP contribution in [0.2, 0.25) is 0 Å². The predicted octanol–water partition coefficient (Wildman–Crippen LogP) is 4.35. The van der Waals surface area contributed by atoms with Gasteiger partial charge in [0, 0.05) is 17.4 Å². The fraction of sp³-hybridized carbons (Fsp3) is 0.222. The number of aromatic nitrogens is 2. The van der Waals surface area contributed by atoms with Crippen molar-refractivity contribution in [3.63, 3.8) is 0 Å². The molecule has 3 rings (SSSR count). The van der Waals surface area contributed by atoms with Crippen LogP contribution in [0.4, 0.5) is 17.5 Å². The van der Waals surface area contributed by atoms with Gasteiger partial charge in [-0.2, -0.15) is 4.98 Å². The van der Waals surface area contributed by atoms with Gasteiger partial charge in [-0.3, -0.25) is 0 Å². The second-order valence-corrected chi connectivity index (χ2v) is 5.65. The van der Waals surface area contributed by atoms with Gasteiger partial charge in [0.15, 0.2) is 0 Å². The summed E-state index contributed by atoms with van der Waals surface area (Å²) in [4.78, 5) is 8.92. The monoisotopic (exact) mass is 308 g/mol. The molecule has 0 spiro atoms. The molecular formula is C18H20N4O. The molecule has 3 aromatic rings. The van der Waals surface area contributed by atoms with Crippen LogP contribution in [0.25, 0.3) is 0 Å². The first-order valence-electron chi connectivity index (χ1n) is 7.56. The third-order valence-corrected chi connectivity index (χ3v) is 3.35. The number of furan rings is 1. The molecule has 1 aromatic carbocycles. The molecule has 118 valence electrons. The molecule has 2 aromatic heterocycles. The van der Waals surface area contributed by atoms with E-state index >= 15 is 0 Å². The largest absolute Gasteiger partial charge is 0.467 e. The Bertz CT molecular complexity index is 777. The Hall–Kier alpha value is -2.82. The zero-order chi connectivity index (χ0) is 16.2. The maximum absolute atomic E-state index is 5.30. The summed E-state index contributed by atoms with van der Waals surface area (Å²) < 4.78 is 5.30. The summed E-state index contributed by atoms with van der Waals surface area (Å²) in [5.41, 5.74) is 4.36. The van der Waals surface area contributed by atoms with E-state index in [-0.39, 0.29) is 0 Å². The van der Waals surface area contributed by atoms with E-state index in [1.54, 1.807) is 6.26 Å². The molecule has 0 radical (unpaired) electrons. The van der Waals surface area contributed by atoms with E-state index in [1.165, 1.54) is 11.1 Å². The third kappa shape index (κ3) is 4.10. The Balaban J connectivity index is 1.76. The topological polar surface area (TPSA) is 63.0 Å². The van der Waals surface area contributed by atoms with Crippen LogP contribution in [0.15, 0.2) is 47.1 Å². The molecule has 0 unspecified atom stereocenters. The van der Waals surface area contributed by atoms with Crippen molar-refractivity contribution in [3.8, 4) is 0 Å². The van der Waals surface area contributed by atoms with Crippen molar-refractivity contribution < 1.29 is 4.42 Å². The van der Waals surface area contributed by atoms with Crippen molar-refractivity contribution in [2.45, 2.75) is 27.3 Å². The molecule has 0 bridgehead atoms. The van der Waals surface area contributed by atoms with Crippen LogP contribution in [0.3, 0.4) is 0 Å². The number of nitrogens with zero attached hydrogens (tertiary/aromatic N) is 2. The summed E-state index contributed by atoms with van der Waals surface area (Å²) in [6, 6.07) is 12.0. The molecule has 0 saturated heterocycles. The lowest BCUT2D eigenvalue weighted by molar-refractivity contribution is 0.517. The van der Waals surface area contributed by atoms with Crippen LogP contribution in [0, 0.1) is 20.8 Å². The minimum atomic E-state index is 0.555. The maximum atomic E-state index is 5.30. The first kappa shape index (κ1) is 15.1. The van der Waals surface area contributed by atoms with Gasteiger partial charge in [0.05, 0.1) is 12.8 Å². The van der Waals surface area contributed by atoms with E-state index in [4.69, 9.17) is 4.42 Å². The van der Waals surface area contributed by atoms with E-state index < -0.39 is 0 Å². The zero-order valence-electron chi connectivity index (χ0n) is 13.6. The molecule has 0 aliphatic carbocycles. The van der Waals surface area contributed by atoms with Crippen LogP contribution in [-0.2, 0) is 6.54 Å². The molecule has 5 nitrogen and oxygen atoms in total. The Kier molecular flexibility index (Phi) is 4.28. The van der Waals surface area contributed by atoms with Gasteiger partial charge in [-0.25, -0.2) is 4.98 Å². The summed E-state index contributed by atoms with van der Waals surface area (Å²) in [5, 5.41) is 6.53. The van der Waals surface area contributed by atoms with Gasteiger partial charge in [-0.1, -0.05) is 6.07 Å². The number of hydrogen-bond acceptors (Lipinski definition) is 5. The zero-order valence-corrected chi connectivity index (χ0v) is 13.6. The van der Waals surface area contributed by atoms with E-state index in [1.807, 2.05) is 25.1 Å². The minimum absolute atomic E-state index is 0.555. The van der Waals surface area contributed by atoms with Crippen molar-refractivity contribution in [2.75, 3.05) is 10.6 Å². The van der Waals surface area contributed by atoms with E-state index in [9.17, 15) is 0 Å². The van der Waals surface area contributed by atoms with Crippen molar-refractivity contribution in [2.24, 2.45) is 0 Å². The molecule has 23 heavy (non-hydrogen) atoms. The summed E-state index contributed by atoms with van der Waals surface area (Å²) in [6.07, 6.45) is 1.65. The number of rotatable bonds is 5. The molecular weight excluding hydrogens is 288 g/mol. The van der Waals surface area contributed by atoms with Gasteiger partial charge in [0.2, 0.25) is 5.95 Å². The fourth-order valence-electron chi connectivity index (χ4n) is 2.49. The number of benzene rings is 1. The third-order valence-electron chi connectivity index (χ3n) is 3.35. The highest BCUT2D eigenvalue weighted by Crippen LogP contribution is 2.20. The highest BCUT2D eigenvalue weighted by molar-refractivity contribution is 5.59. The number of anilines is 3.